The molecule has 3 aromatic rings. The van der Waals surface area contributed by atoms with E-state index in [9.17, 15) is 13.6 Å². The zero-order valence-electron chi connectivity index (χ0n) is 15.3. The zero-order chi connectivity index (χ0) is 19.3. The van der Waals surface area contributed by atoms with Gasteiger partial charge in [0.15, 0.2) is 5.78 Å². The van der Waals surface area contributed by atoms with Gasteiger partial charge in [0, 0.05) is 23.9 Å². The van der Waals surface area contributed by atoms with Crippen LogP contribution in [0.5, 0.6) is 0 Å². The topological polar surface area (TPSA) is 60.7 Å². The third-order valence-corrected chi connectivity index (χ3v) is 4.82. The standard InChI is InChI=1S/C20H18F2N4O/c1-10-4-11(2)24-20(23-10)26-17-7-14(8-18(27)19(17)12(3)25-26)13-5-15(21)9-16(22)6-13/h4-6,9,14H,7-8H2,1-3H3/t14-/m1/s1. The van der Waals surface area contributed by atoms with Crippen LogP contribution in [0.4, 0.5) is 8.78 Å². The van der Waals surface area contributed by atoms with Gasteiger partial charge in [-0.3, -0.25) is 4.79 Å². The number of aromatic nitrogens is 4. The van der Waals surface area contributed by atoms with E-state index >= 15 is 0 Å². The van der Waals surface area contributed by atoms with Crippen LogP contribution in [0, 0.1) is 32.4 Å². The van der Waals surface area contributed by atoms with Crippen LogP contribution < -0.4 is 0 Å². The summed E-state index contributed by atoms with van der Waals surface area (Å²) in [6.45, 7) is 5.51. The Morgan fingerprint density at radius 3 is 2.22 bits per heavy atom. The summed E-state index contributed by atoms with van der Waals surface area (Å²) in [7, 11) is 0. The first kappa shape index (κ1) is 17.5. The quantitative estimate of drug-likeness (QED) is 0.691. The van der Waals surface area contributed by atoms with Gasteiger partial charge in [0.05, 0.1) is 17.0 Å². The Labute approximate surface area is 155 Å². The molecule has 5 nitrogen and oxygen atoms in total. The molecule has 7 heteroatoms. The molecule has 2 heterocycles. The lowest BCUT2D eigenvalue weighted by Gasteiger charge is -2.23. The van der Waals surface area contributed by atoms with Crippen molar-refractivity contribution in [3.8, 4) is 5.95 Å². The zero-order valence-corrected chi connectivity index (χ0v) is 15.3. The van der Waals surface area contributed by atoms with Gasteiger partial charge in [-0.25, -0.2) is 23.4 Å². The van der Waals surface area contributed by atoms with E-state index in [0.717, 1.165) is 17.5 Å². The monoisotopic (exact) mass is 368 g/mol. The van der Waals surface area contributed by atoms with Crippen molar-refractivity contribution < 1.29 is 13.6 Å². The summed E-state index contributed by atoms with van der Waals surface area (Å²) in [4.78, 5) is 21.6. The summed E-state index contributed by atoms with van der Waals surface area (Å²) in [5.74, 6) is -1.30. The molecule has 1 aliphatic carbocycles. The number of rotatable bonds is 2. The molecule has 0 bridgehead atoms. The maximum Gasteiger partial charge on any atom is 0.251 e. The fourth-order valence-electron chi connectivity index (χ4n) is 3.77. The van der Waals surface area contributed by atoms with Gasteiger partial charge in [-0.2, -0.15) is 5.10 Å². The minimum absolute atomic E-state index is 0.0842. The number of Topliss-reactive ketones (excluding diaryl/α,β-unsaturated/α-hetero) is 1. The Kier molecular flexibility index (Phi) is 4.09. The predicted molar refractivity (Wildman–Crippen MR) is 95.1 cm³/mol. The summed E-state index contributed by atoms with van der Waals surface area (Å²) in [5, 5.41) is 4.48. The van der Waals surface area contributed by atoms with Crippen molar-refractivity contribution in [3.63, 3.8) is 0 Å². The van der Waals surface area contributed by atoms with Crippen LogP contribution in [0.1, 0.15) is 51.0 Å². The summed E-state index contributed by atoms with van der Waals surface area (Å²) in [6, 6.07) is 5.26. The number of hydrogen-bond donors (Lipinski definition) is 0. The second-order valence-corrected chi connectivity index (χ2v) is 7.00. The minimum Gasteiger partial charge on any atom is -0.294 e. The number of carbonyl (C=O) groups excluding carboxylic acids is 1. The van der Waals surface area contributed by atoms with Crippen molar-refractivity contribution in [1.29, 1.82) is 0 Å². The van der Waals surface area contributed by atoms with Crippen LogP contribution in [-0.4, -0.2) is 25.5 Å². The van der Waals surface area contributed by atoms with E-state index < -0.39 is 11.6 Å². The summed E-state index contributed by atoms with van der Waals surface area (Å²) in [5.41, 5.74) is 3.92. The van der Waals surface area contributed by atoms with Crippen molar-refractivity contribution in [2.45, 2.75) is 39.5 Å². The Hall–Kier alpha value is -2.96. The van der Waals surface area contributed by atoms with Gasteiger partial charge in [0.25, 0.3) is 5.95 Å². The van der Waals surface area contributed by atoms with Gasteiger partial charge in [0.1, 0.15) is 11.6 Å². The van der Waals surface area contributed by atoms with Gasteiger partial charge < -0.3 is 0 Å². The SMILES string of the molecule is Cc1cc(C)nc(-n2nc(C)c3c2C[C@@H](c2cc(F)cc(F)c2)CC3=O)n1. The van der Waals surface area contributed by atoms with E-state index in [0.29, 0.717) is 34.9 Å². The number of benzene rings is 1. The molecule has 0 N–H and O–H groups in total. The first-order valence-electron chi connectivity index (χ1n) is 8.72. The molecular weight excluding hydrogens is 350 g/mol. The van der Waals surface area contributed by atoms with Crippen LogP contribution in [0.25, 0.3) is 5.95 Å². The summed E-state index contributed by atoms with van der Waals surface area (Å²) >= 11 is 0. The van der Waals surface area contributed by atoms with E-state index in [4.69, 9.17) is 0 Å². The molecule has 0 unspecified atom stereocenters. The average Bonchev–Trinajstić information content (AvgIpc) is 2.90. The molecule has 2 aromatic heterocycles. The van der Waals surface area contributed by atoms with Crippen LogP contribution >= 0.6 is 0 Å². The van der Waals surface area contributed by atoms with Gasteiger partial charge in [-0.05, 0) is 56.9 Å². The molecule has 1 aromatic carbocycles. The number of nitrogens with zero attached hydrogens (tertiary/aromatic N) is 4. The molecule has 0 saturated carbocycles. The normalized spacial score (nSPS) is 16.5. The first-order valence-corrected chi connectivity index (χ1v) is 8.72. The smallest absolute Gasteiger partial charge is 0.251 e. The maximum absolute atomic E-state index is 13.7. The predicted octanol–water partition coefficient (Wildman–Crippen LogP) is 3.78. The van der Waals surface area contributed by atoms with Crippen molar-refractivity contribution in [3.05, 3.63) is 69.8 Å². The number of aryl methyl sites for hydroxylation is 3. The molecule has 1 atom stereocenters. The number of hydrogen-bond acceptors (Lipinski definition) is 4. The molecule has 0 fully saturated rings. The van der Waals surface area contributed by atoms with E-state index in [2.05, 4.69) is 15.1 Å². The summed E-state index contributed by atoms with van der Waals surface area (Å²) in [6.07, 6.45) is 0.622. The number of fused-ring (bicyclic) bond motifs is 1. The summed E-state index contributed by atoms with van der Waals surface area (Å²) < 4.78 is 28.9. The molecule has 0 amide bonds. The van der Waals surface area contributed by atoms with Gasteiger partial charge in [-0.15, -0.1) is 0 Å². The average molecular weight is 368 g/mol. The minimum atomic E-state index is -0.648. The first-order chi connectivity index (χ1) is 12.8. The number of carbonyl (C=O) groups is 1. The molecular formula is C20H18F2N4O. The number of ketones is 1. The number of halogens is 2. The van der Waals surface area contributed by atoms with E-state index in [1.165, 1.54) is 12.1 Å². The van der Waals surface area contributed by atoms with E-state index in [1.807, 2.05) is 19.9 Å². The Morgan fingerprint density at radius 2 is 1.59 bits per heavy atom. The second-order valence-electron chi connectivity index (χ2n) is 7.00. The fourth-order valence-corrected chi connectivity index (χ4v) is 3.77. The van der Waals surface area contributed by atoms with Crippen molar-refractivity contribution in [1.82, 2.24) is 19.7 Å². The highest BCUT2D eigenvalue weighted by molar-refractivity contribution is 6.00. The van der Waals surface area contributed by atoms with Crippen molar-refractivity contribution in [2.24, 2.45) is 0 Å². The maximum atomic E-state index is 13.7. The molecule has 0 radical (unpaired) electrons. The third kappa shape index (κ3) is 3.13. The van der Waals surface area contributed by atoms with Gasteiger partial charge in [0.2, 0.25) is 0 Å². The van der Waals surface area contributed by atoms with Gasteiger partial charge in [-0.1, -0.05) is 0 Å². The lowest BCUT2D eigenvalue weighted by Crippen LogP contribution is -2.21. The van der Waals surface area contributed by atoms with Crippen LogP contribution in [-0.2, 0) is 6.42 Å². The largest absolute Gasteiger partial charge is 0.294 e. The molecule has 4 rings (SSSR count). The Balaban J connectivity index is 1.82. The highest BCUT2D eigenvalue weighted by Gasteiger charge is 2.33. The molecule has 0 saturated heterocycles. The fraction of sp³-hybridized carbons (Fsp3) is 0.300. The highest BCUT2D eigenvalue weighted by Crippen LogP contribution is 2.35. The Morgan fingerprint density at radius 1 is 0.963 bits per heavy atom. The Bertz CT molecular complexity index is 1030. The third-order valence-electron chi connectivity index (χ3n) is 4.82. The van der Waals surface area contributed by atoms with Crippen molar-refractivity contribution in [2.75, 3.05) is 0 Å². The molecule has 0 spiro atoms. The van der Waals surface area contributed by atoms with Crippen molar-refractivity contribution >= 4 is 5.78 Å². The lowest BCUT2D eigenvalue weighted by molar-refractivity contribution is 0.0963. The molecule has 1 aliphatic rings. The van der Waals surface area contributed by atoms with E-state index in [-0.39, 0.29) is 18.1 Å². The molecule has 0 aliphatic heterocycles. The van der Waals surface area contributed by atoms with Crippen LogP contribution in [0.15, 0.2) is 24.3 Å². The second kappa shape index (κ2) is 6.33. The van der Waals surface area contributed by atoms with Crippen LogP contribution in [0.2, 0.25) is 0 Å². The van der Waals surface area contributed by atoms with Gasteiger partial charge >= 0.3 is 0 Å². The van der Waals surface area contributed by atoms with Crippen LogP contribution in [0.3, 0.4) is 0 Å². The highest BCUT2D eigenvalue weighted by atomic mass is 19.1. The molecule has 138 valence electrons. The lowest BCUT2D eigenvalue weighted by atomic mass is 9.81. The molecule has 27 heavy (non-hydrogen) atoms. The van der Waals surface area contributed by atoms with E-state index in [1.54, 1.807) is 11.6 Å².